The minimum absolute atomic E-state index is 0.0768. The number of halogens is 1. The summed E-state index contributed by atoms with van der Waals surface area (Å²) in [5.74, 6) is -0.356. The summed E-state index contributed by atoms with van der Waals surface area (Å²) >= 11 is 0. The van der Waals surface area contributed by atoms with E-state index in [1.54, 1.807) is 17.0 Å². The largest absolute Gasteiger partial charge is 0.366 e. The summed E-state index contributed by atoms with van der Waals surface area (Å²) in [5, 5.41) is 8.81. The van der Waals surface area contributed by atoms with Gasteiger partial charge in [0.1, 0.15) is 5.82 Å². The highest BCUT2D eigenvalue weighted by Crippen LogP contribution is 2.22. The minimum atomic E-state index is -3.18. The molecule has 2 heterocycles. The van der Waals surface area contributed by atoms with Gasteiger partial charge in [-0.15, -0.1) is 0 Å². The van der Waals surface area contributed by atoms with Crippen LogP contribution in [0.3, 0.4) is 0 Å². The van der Waals surface area contributed by atoms with Crippen LogP contribution in [0.15, 0.2) is 18.2 Å². The Labute approximate surface area is 152 Å². The second-order valence-corrected chi connectivity index (χ2v) is 8.55. The molecule has 9 heteroatoms. The number of nitrogens with zero attached hydrogens (tertiary/aromatic N) is 4. The summed E-state index contributed by atoms with van der Waals surface area (Å²) in [5.41, 5.74) is 0.705. The molecule has 140 valence electrons. The van der Waals surface area contributed by atoms with E-state index in [9.17, 15) is 17.6 Å². The summed E-state index contributed by atoms with van der Waals surface area (Å²) in [6.07, 6.45) is 0.788. The Balaban J connectivity index is 1.52. The fourth-order valence-electron chi connectivity index (χ4n) is 3.35. The topological polar surface area (TPSA) is 84.7 Å². The van der Waals surface area contributed by atoms with Crippen molar-refractivity contribution < 1.29 is 17.6 Å². The number of sulfonamides is 1. The third kappa shape index (κ3) is 3.97. The van der Waals surface area contributed by atoms with Gasteiger partial charge in [0, 0.05) is 45.7 Å². The Kier molecular flexibility index (Phi) is 5.44. The van der Waals surface area contributed by atoms with Crippen molar-refractivity contribution in [1.29, 1.82) is 5.26 Å². The predicted octanol–water partition coefficient (Wildman–Crippen LogP) is 0.772. The van der Waals surface area contributed by atoms with Crippen molar-refractivity contribution in [3.8, 4) is 6.07 Å². The number of hydrogen-bond acceptors (Lipinski definition) is 5. The molecule has 0 spiro atoms. The number of piperazine rings is 1. The van der Waals surface area contributed by atoms with Gasteiger partial charge >= 0.3 is 0 Å². The standard InChI is InChI=1S/C17H21FN4O3S/c18-15-12-14(13-19)2-3-16(15)20-7-9-21(10-8-20)17(23)4-6-22-5-1-11-26(22,24)25/h2-3,12H,1,4-11H2. The normalized spacial score (nSPS) is 20.2. The third-order valence-electron chi connectivity index (χ3n) is 4.83. The average molecular weight is 380 g/mol. The molecule has 7 nitrogen and oxygen atoms in total. The highest BCUT2D eigenvalue weighted by Gasteiger charge is 2.29. The summed E-state index contributed by atoms with van der Waals surface area (Å²) in [4.78, 5) is 15.9. The molecule has 0 saturated carbocycles. The smallest absolute Gasteiger partial charge is 0.224 e. The van der Waals surface area contributed by atoms with Gasteiger partial charge in [-0.05, 0) is 24.6 Å². The number of rotatable bonds is 4. The van der Waals surface area contributed by atoms with Crippen LogP contribution in [0.4, 0.5) is 10.1 Å². The Morgan fingerprint density at radius 3 is 2.50 bits per heavy atom. The molecule has 2 fully saturated rings. The van der Waals surface area contributed by atoms with Crippen molar-refractivity contribution in [2.75, 3.05) is 49.9 Å². The van der Waals surface area contributed by atoms with Crippen LogP contribution < -0.4 is 4.90 Å². The van der Waals surface area contributed by atoms with E-state index in [2.05, 4.69) is 0 Å². The molecule has 3 rings (SSSR count). The van der Waals surface area contributed by atoms with Gasteiger partial charge in [-0.2, -0.15) is 5.26 Å². The van der Waals surface area contributed by atoms with Gasteiger partial charge in [-0.3, -0.25) is 4.79 Å². The number of amides is 1. The molecule has 0 radical (unpaired) electrons. The first kappa shape index (κ1) is 18.6. The van der Waals surface area contributed by atoms with Crippen LogP contribution in [0.25, 0.3) is 0 Å². The zero-order valence-electron chi connectivity index (χ0n) is 14.4. The molecule has 26 heavy (non-hydrogen) atoms. The molecular formula is C17H21FN4O3S. The van der Waals surface area contributed by atoms with Crippen molar-refractivity contribution in [2.24, 2.45) is 0 Å². The van der Waals surface area contributed by atoms with Crippen LogP contribution in [0.1, 0.15) is 18.4 Å². The molecule has 0 aliphatic carbocycles. The Morgan fingerprint density at radius 2 is 1.92 bits per heavy atom. The molecule has 0 N–H and O–H groups in total. The number of anilines is 1. The van der Waals surface area contributed by atoms with Gasteiger partial charge in [0.2, 0.25) is 15.9 Å². The number of carbonyl (C=O) groups is 1. The van der Waals surface area contributed by atoms with Gasteiger partial charge in [0.25, 0.3) is 0 Å². The molecule has 1 aromatic carbocycles. The van der Waals surface area contributed by atoms with E-state index in [0.717, 1.165) is 0 Å². The van der Waals surface area contributed by atoms with Gasteiger partial charge < -0.3 is 9.80 Å². The lowest BCUT2D eigenvalue weighted by atomic mass is 10.1. The first-order valence-corrected chi connectivity index (χ1v) is 10.2. The minimum Gasteiger partial charge on any atom is -0.366 e. The monoisotopic (exact) mass is 380 g/mol. The predicted molar refractivity (Wildman–Crippen MR) is 94.5 cm³/mol. The van der Waals surface area contributed by atoms with Gasteiger partial charge in [0.05, 0.1) is 23.1 Å². The maximum atomic E-state index is 14.1. The van der Waals surface area contributed by atoms with E-state index in [-0.39, 0.29) is 30.2 Å². The summed E-state index contributed by atoms with van der Waals surface area (Å²) in [6, 6.07) is 6.28. The molecule has 2 aliphatic heterocycles. The third-order valence-corrected chi connectivity index (χ3v) is 6.78. The molecule has 1 amide bonds. The zero-order chi connectivity index (χ0) is 18.7. The fourth-order valence-corrected chi connectivity index (χ4v) is 4.88. The van der Waals surface area contributed by atoms with E-state index in [1.165, 1.54) is 10.4 Å². The van der Waals surface area contributed by atoms with Crippen molar-refractivity contribution in [3.05, 3.63) is 29.6 Å². The summed E-state index contributed by atoms with van der Waals surface area (Å²) in [6.45, 7) is 2.64. The Morgan fingerprint density at radius 1 is 1.19 bits per heavy atom. The van der Waals surface area contributed by atoms with Crippen LogP contribution in [-0.4, -0.2) is 68.6 Å². The second-order valence-electron chi connectivity index (χ2n) is 6.46. The molecular weight excluding hydrogens is 359 g/mol. The Hall–Kier alpha value is -2.18. The average Bonchev–Trinajstić information content (AvgIpc) is 2.98. The van der Waals surface area contributed by atoms with Gasteiger partial charge in [-0.25, -0.2) is 17.1 Å². The molecule has 1 aromatic rings. The highest BCUT2D eigenvalue weighted by atomic mass is 32.2. The molecule has 0 aromatic heterocycles. The lowest BCUT2D eigenvalue weighted by Crippen LogP contribution is -2.49. The maximum absolute atomic E-state index is 14.1. The van der Waals surface area contributed by atoms with Crippen LogP contribution >= 0.6 is 0 Å². The van der Waals surface area contributed by atoms with E-state index in [4.69, 9.17) is 5.26 Å². The van der Waals surface area contributed by atoms with Crippen LogP contribution in [-0.2, 0) is 14.8 Å². The van der Waals surface area contributed by atoms with Crippen LogP contribution in [0, 0.1) is 17.1 Å². The number of benzene rings is 1. The molecule has 0 atom stereocenters. The van der Waals surface area contributed by atoms with E-state index in [1.807, 2.05) is 11.0 Å². The van der Waals surface area contributed by atoms with Crippen LogP contribution in [0.5, 0.6) is 0 Å². The van der Waals surface area contributed by atoms with Crippen molar-refractivity contribution in [3.63, 3.8) is 0 Å². The lowest BCUT2D eigenvalue weighted by molar-refractivity contribution is -0.131. The first-order valence-electron chi connectivity index (χ1n) is 8.61. The summed E-state index contributed by atoms with van der Waals surface area (Å²) < 4.78 is 39.0. The van der Waals surface area contributed by atoms with E-state index in [0.29, 0.717) is 44.8 Å². The molecule has 0 bridgehead atoms. The van der Waals surface area contributed by atoms with Gasteiger partial charge in [-0.1, -0.05) is 0 Å². The van der Waals surface area contributed by atoms with Crippen molar-refractivity contribution in [1.82, 2.24) is 9.21 Å². The molecule has 2 aliphatic rings. The lowest BCUT2D eigenvalue weighted by Gasteiger charge is -2.36. The number of nitriles is 1. The molecule has 2 saturated heterocycles. The first-order chi connectivity index (χ1) is 12.4. The Bertz CT molecular complexity index is 829. The maximum Gasteiger partial charge on any atom is 0.224 e. The zero-order valence-corrected chi connectivity index (χ0v) is 15.2. The fraction of sp³-hybridized carbons (Fsp3) is 0.529. The summed E-state index contributed by atoms with van der Waals surface area (Å²) in [7, 11) is -3.18. The van der Waals surface area contributed by atoms with E-state index < -0.39 is 15.8 Å². The van der Waals surface area contributed by atoms with Gasteiger partial charge in [0.15, 0.2) is 0 Å². The highest BCUT2D eigenvalue weighted by molar-refractivity contribution is 7.89. The van der Waals surface area contributed by atoms with Crippen molar-refractivity contribution in [2.45, 2.75) is 12.8 Å². The van der Waals surface area contributed by atoms with E-state index >= 15 is 0 Å². The number of hydrogen-bond donors (Lipinski definition) is 0. The number of carbonyl (C=O) groups excluding carboxylic acids is 1. The van der Waals surface area contributed by atoms with Crippen molar-refractivity contribution >= 4 is 21.6 Å². The van der Waals surface area contributed by atoms with Crippen LogP contribution in [0.2, 0.25) is 0 Å². The SMILES string of the molecule is N#Cc1ccc(N2CCN(C(=O)CCN3CCCS3(=O)=O)CC2)c(F)c1. The molecule has 0 unspecified atom stereocenters. The second kappa shape index (κ2) is 7.60. The quantitative estimate of drug-likeness (QED) is 0.770.